The molecule has 0 aromatic heterocycles. The largest absolute Gasteiger partial charge is 0.478 e. The number of ether oxygens (including phenoxy) is 1. The first-order valence-electron chi connectivity index (χ1n) is 6.83. The number of hydrogen-bond donors (Lipinski definition) is 2. The van der Waals surface area contributed by atoms with Gasteiger partial charge in [0.2, 0.25) is 0 Å². The molecule has 5 heteroatoms. The van der Waals surface area contributed by atoms with Crippen molar-refractivity contribution in [3.05, 3.63) is 22.8 Å². The summed E-state index contributed by atoms with van der Waals surface area (Å²) in [6, 6.07) is 0. The van der Waals surface area contributed by atoms with Crippen molar-refractivity contribution in [2.45, 2.75) is 33.1 Å². The number of aliphatic hydroxyl groups excluding tert-OH is 1. The Kier molecular flexibility index (Phi) is 3.99. The van der Waals surface area contributed by atoms with Gasteiger partial charge in [-0.2, -0.15) is 0 Å². The molecule has 0 spiro atoms. The first-order valence-corrected chi connectivity index (χ1v) is 6.83. The van der Waals surface area contributed by atoms with Crippen LogP contribution in [0.4, 0.5) is 0 Å². The van der Waals surface area contributed by atoms with Gasteiger partial charge in [-0.3, -0.25) is 0 Å². The van der Waals surface area contributed by atoms with Crippen molar-refractivity contribution in [3.63, 3.8) is 0 Å². The van der Waals surface area contributed by atoms with E-state index < -0.39 is 17.4 Å². The average Bonchev–Trinajstić information content (AvgIpc) is 2.73. The van der Waals surface area contributed by atoms with Gasteiger partial charge in [-0.15, -0.1) is 0 Å². The number of carboxylic acids is 1. The quantitative estimate of drug-likeness (QED) is 0.765. The second kappa shape index (κ2) is 5.40. The molecule has 0 saturated heterocycles. The molecule has 0 aromatic rings. The molecule has 1 aliphatic carbocycles. The second-order valence-electron chi connectivity index (χ2n) is 5.81. The van der Waals surface area contributed by atoms with E-state index in [0.717, 1.165) is 12.8 Å². The first-order chi connectivity index (χ1) is 9.40. The molecule has 1 aliphatic heterocycles. The number of aliphatic carboxylic acids is 1. The Balaban J connectivity index is 2.38. The van der Waals surface area contributed by atoms with Crippen molar-refractivity contribution in [1.82, 2.24) is 0 Å². The summed E-state index contributed by atoms with van der Waals surface area (Å²) in [4.78, 5) is 23.3. The van der Waals surface area contributed by atoms with E-state index in [-0.39, 0.29) is 19.1 Å². The lowest BCUT2D eigenvalue weighted by Crippen LogP contribution is -2.35. The highest BCUT2D eigenvalue weighted by molar-refractivity contribution is 5.93. The summed E-state index contributed by atoms with van der Waals surface area (Å²) in [6.07, 6.45) is 3.70. The normalized spacial score (nSPS) is 30.2. The number of rotatable bonds is 4. The zero-order valence-electron chi connectivity index (χ0n) is 11.8. The lowest BCUT2D eigenvalue weighted by atomic mass is 9.64. The van der Waals surface area contributed by atoms with Crippen LogP contribution in [0.25, 0.3) is 0 Å². The molecule has 110 valence electrons. The van der Waals surface area contributed by atoms with Gasteiger partial charge < -0.3 is 14.9 Å². The number of allylic oxidation sites excluding steroid dienone is 1. The number of carbonyl (C=O) groups excluding carboxylic acids is 1. The predicted molar refractivity (Wildman–Crippen MR) is 71.9 cm³/mol. The van der Waals surface area contributed by atoms with Crippen LogP contribution in [-0.2, 0) is 14.3 Å². The standard InChI is InChI=1S/C15H20O5/c1-9-4-3-5-12(13(17)18)15(9,2)6-11-10(7-16)8-20-14(11)19/h5,9,16H,3-4,6-8H2,1-2H3,(H,17,18). The molecule has 2 rings (SSSR count). The molecule has 0 saturated carbocycles. The van der Waals surface area contributed by atoms with Gasteiger partial charge in [0, 0.05) is 22.1 Å². The Labute approximate surface area is 117 Å². The summed E-state index contributed by atoms with van der Waals surface area (Å²) < 4.78 is 4.95. The maximum Gasteiger partial charge on any atom is 0.334 e. The van der Waals surface area contributed by atoms with Crippen LogP contribution in [0.2, 0.25) is 0 Å². The minimum Gasteiger partial charge on any atom is -0.478 e. The molecule has 20 heavy (non-hydrogen) atoms. The molecule has 0 fully saturated rings. The number of carbonyl (C=O) groups is 2. The molecule has 2 aliphatic rings. The minimum atomic E-state index is -0.934. The zero-order chi connectivity index (χ0) is 14.9. The summed E-state index contributed by atoms with van der Waals surface area (Å²) in [5.41, 5.74) is 0.763. The zero-order valence-corrected chi connectivity index (χ0v) is 11.8. The van der Waals surface area contributed by atoms with Crippen LogP contribution >= 0.6 is 0 Å². The SMILES string of the molecule is CC1CCC=C(C(=O)O)C1(C)CC1=C(CO)COC1=O. The molecule has 0 aromatic carbocycles. The van der Waals surface area contributed by atoms with Gasteiger partial charge in [-0.1, -0.05) is 19.9 Å². The highest BCUT2D eigenvalue weighted by Crippen LogP contribution is 2.47. The number of carboxylic acid groups (broad SMARTS) is 1. The Hall–Kier alpha value is -1.62. The Morgan fingerprint density at radius 1 is 1.55 bits per heavy atom. The van der Waals surface area contributed by atoms with Crippen LogP contribution in [0.1, 0.15) is 33.1 Å². The highest BCUT2D eigenvalue weighted by Gasteiger charge is 2.43. The highest BCUT2D eigenvalue weighted by atomic mass is 16.5. The van der Waals surface area contributed by atoms with Gasteiger partial charge in [-0.05, 0) is 25.2 Å². The summed E-state index contributed by atoms with van der Waals surface area (Å²) in [7, 11) is 0. The molecule has 0 radical (unpaired) electrons. The topological polar surface area (TPSA) is 83.8 Å². The lowest BCUT2D eigenvalue weighted by molar-refractivity contribution is -0.137. The van der Waals surface area contributed by atoms with Crippen molar-refractivity contribution >= 4 is 11.9 Å². The van der Waals surface area contributed by atoms with Crippen LogP contribution in [0.5, 0.6) is 0 Å². The maximum absolute atomic E-state index is 11.8. The van der Waals surface area contributed by atoms with Crippen molar-refractivity contribution in [3.8, 4) is 0 Å². The van der Waals surface area contributed by atoms with E-state index in [2.05, 4.69) is 0 Å². The number of esters is 1. The van der Waals surface area contributed by atoms with Gasteiger partial charge >= 0.3 is 11.9 Å². The van der Waals surface area contributed by atoms with E-state index >= 15 is 0 Å². The van der Waals surface area contributed by atoms with E-state index in [1.165, 1.54) is 0 Å². The molecular weight excluding hydrogens is 260 g/mol. The third-order valence-corrected chi connectivity index (χ3v) is 4.67. The molecular formula is C15H20O5. The van der Waals surface area contributed by atoms with Crippen molar-refractivity contribution in [2.24, 2.45) is 11.3 Å². The lowest BCUT2D eigenvalue weighted by Gasteiger charge is -2.39. The number of aliphatic hydroxyl groups is 1. The van der Waals surface area contributed by atoms with Gasteiger partial charge in [0.05, 0.1) is 6.61 Å². The Morgan fingerprint density at radius 3 is 2.85 bits per heavy atom. The van der Waals surface area contributed by atoms with Crippen LogP contribution in [0.15, 0.2) is 22.8 Å². The third-order valence-electron chi connectivity index (χ3n) is 4.67. The third kappa shape index (κ3) is 2.38. The van der Waals surface area contributed by atoms with E-state index in [1.54, 1.807) is 6.08 Å². The molecule has 1 heterocycles. The van der Waals surface area contributed by atoms with Crippen molar-refractivity contribution < 1.29 is 24.5 Å². The average molecular weight is 280 g/mol. The van der Waals surface area contributed by atoms with Crippen LogP contribution in [0, 0.1) is 11.3 Å². The van der Waals surface area contributed by atoms with Crippen LogP contribution in [-0.4, -0.2) is 35.4 Å². The van der Waals surface area contributed by atoms with Crippen molar-refractivity contribution in [1.29, 1.82) is 0 Å². The monoisotopic (exact) mass is 280 g/mol. The fourth-order valence-corrected chi connectivity index (χ4v) is 3.07. The van der Waals surface area contributed by atoms with Crippen LogP contribution in [0.3, 0.4) is 0 Å². The van der Waals surface area contributed by atoms with E-state index in [0.29, 0.717) is 23.1 Å². The van der Waals surface area contributed by atoms with Gasteiger partial charge in [0.15, 0.2) is 0 Å². The summed E-state index contributed by atoms with van der Waals surface area (Å²) in [5.74, 6) is -1.21. The predicted octanol–water partition coefficient (Wildman–Crippen LogP) is 1.67. The van der Waals surface area contributed by atoms with Crippen LogP contribution < -0.4 is 0 Å². The maximum atomic E-state index is 11.8. The number of cyclic esters (lactones) is 1. The molecule has 2 unspecified atom stereocenters. The number of hydrogen-bond acceptors (Lipinski definition) is 4. The molecule has 2 atom stereocenters. The smallest absolute Gasteiger partial charge is 0.334 e. The Morgan fingerprint density at radius 2 is 2.25 bits per heavy atom. The fourth-order valence-electron chi connectivity index (χ4n) is 3.07. The summed E-state index contributed by atoms with van der Waals surface area (Å²) in [6.45, 7) is 3.78. The second-order valence-corrected chi connectivity index (χ2v) is 5.81. The molecule has 2 N–H and O–H groups in total. The minimum absolute atomic E-state index is 0.112. The molecule has 0 amide bonds. The Bertz CT molecular complexity index is 502. The fraction of sp³-hybridized carbons (Fsp3) is 0.600. The summed E-state index contributed by atoms with van der Waals surface area (Å²) in [5, 5.41) is 18.7. The van der Waals surface area contributed by atoms with Crippen molar-refractivity contribution in [2.75, 3.05) is 13.2 Å². The summed E-state index contributed by atoms with van der Waals surface area (Å²) >= 11 is 0. The van der Waals surface area contributed by atoms with Gasteiger partial charge in [-0.25, -0.2) is 9.59 Å². The van der Waals surface area contributed by atoms with Gasteiger partial charge in [0.1, 0.15) is 6.61 Å². The van der Waals surface area contributed by atoms with E-state index in [1.807, 2.05) is 13.8 Å². The first kappa shape index (κ1) is 14.8. The van der Waals surface area contributed by atoms with E-state index in [4.69, 9.17) is 4.74 Å². The van der Waals surface area contributed by atoms with E-state index in [9.17, 15) is 19.8 Å². The molecule has 5 nitrogen and oxygen atoms in total. The van der Waals surface area contributed by atoms with Gasteiger partial charge in [0.25, 0.3) is 0 Å². The molecule has 0 bridgehead atoms.